The van der Waals surface area contributed by atoms with Gasteiger partial charge >= 0.3 is 0 Å². The molecule has 2 aliphatic rings. The highest BCUT2D eigenvalue weighted by Crippen LogP contribution is 2.31. The summed E-state index contributed by atoms with van der Waals surface area (Å²) in [5.41, 5.74) is -0.100. The van der Waals surface area contributed by atoms with Crippen molar-refractivity contribution in [3.05, 3.63) is 0 Å². The molecule has 3 heteroatoms. The standard InChI is InChI=1S/C7H11NO2/c9-6-4-7(5-8-6)2-1-3-10-7/h1-5H2,(H,8,9). The Kier molecular flexibility index (Phi) is 1.20. The third-order valence-electron chi connectivity index (χ3n) is 2.28. The molecular formula is C7H11NO2. The minimum absolute atomic E-state index is 0.100. The Morgan fingerprint density at radius 2 is 2.50 bits per heavy atom. The molecule has 1 atom stereocenters. The highest BCUT2D eigenvalue weighted by atomic mass is 16.5. The predicted octanol–water partition coefficient (Wildman–Crippen LogP) is 0.0555. The van der Waals surface area contributed by atoms with Crippen LogP contribution < -0.4 is 5.32 Å². The first-order chi connectivity index (χ1) is 4.81. The Hall–Kier alpha value is -0.570. The molecular weight excluding hydrogens is 130 g/mol. The summed E-state index contributed by atoms with van der Waals surface area (Å²) >= 11 is 0. The Morgan fingerprint density at radius 3 is 3.00 bits per heavy atom. The number of carbonyl (C=O) groups excluding carboxylic acids is 1. The zero-order chi connectivity index (χ0) is 7.03. The third kappa shape index (κ3) is 0.814. The number of amides is 1. The number of ether oxygens (including phenoxy) is 1. The molecule has 2 fully saturated rings. The summed E-state index contributed by atoms with van der Waals surface area (Å²) in [6.45, 7) is 1.56. The van der Waals surface area contributed by atoms with E-state index in [2.05, 4.69) is 5.32 Å². The van der Waals surface area contributed by atoms with Gasteiger partial charge < -0.3 is 10.1 Å². The van der Waals surface area contributed by atoms with Crippen LogP contribution in [0.25, 0.3) is 0 Å². The second kappa shape index (κ2) is 1.95. The molecule has 0 bridgehead atoms. The molecule has 2 aliphatic heterocycles. The molecule has 2 heterocycles. The molecule has 1 amide bonds. The van der Waals surface area contributed by atoms with Crippen molar-refractivity contribution in [1.29, 1.82) is 0 Å². The van der Waals surface area contributed by atoms with E-state index in [4.69, 9.17) is 4.74 Å². The Bertz CT molecular complexity index is 161. The van der Waals surface area contributed by atoms with Crippen molar-refractivity contribution < 1.29 is 9.53 Å². The van der Waals surface area contributed by atoms with Gasteiger partial charge in [-0.15, -0.1) is 0 Å². The third-order valence-corrected chi connectivity index (χ3v) is 2.28. The van der Waals surface area contributed by atoms with Crippen molar-refractivity contribution in [3.63, 3.8) is 0 Å². The molecule has 0 aromatic rings. The maximum atomic E-state index is 10.8. The second-order valence-electron chi connectivity index (χ2n) is 3.09. The summed E-state index contributed by atoms with van der Waals surface area (Å²) in [7, 11) is 0. The van der Waals surface area contributed by atoms with Gasteiger partial charge in [0.25, 0.3) is 0 Å². The normalized spacial score (nSPS) is 39.0. The molecule has 3 nitrogen and oxygen atoms in total. The summed E-state index contributed by atoms with van der Waals surface area (Å²) in [5.74, 6) is 0.141. The van der Waals surface area contributed by atoms with E-state index < -0.39 is 0 Å². The van der Waals surface area contributed by atoms with Crippen LogP contribution in [-0.2, 0) is 9.53 Å². The van der Waals surface area contributed by atoms with Crippen molar-refractivity contribution in [2.45, 2.75) is 24.9 Å². The monoisotopic (exact) mass is 141 g/mol. The van der Waals surface area contributed by atoms with Crippen molar-refractivity contribution in [2.75, 3.05) is 13.2 Å². The summed E-state index contributed by atoms with van der Waals surface area (Å²) in [5, 5.41) is 2.79. The molecule has 0 saturated carbocycles. The van der Waals surface area contributed by atoms with Crippen LogP contribution in [-0.4, -0.2) is 24.7 Å². The maximum Gasteiger partial charge on any atom is 0.223 e. The summed E-state index contributed by atoms with van der Waals surface area (Å²) in [4.78, 5) is 10.8. The van der Waals surface area contributed by atoms with E-state index in [0.29, 0.717) is 6.42 Å². The van der Waals surface area contributed by atoms with Crippen LogP contribution >= 0.6 is 0 Å². The van der Waals surface area contributed by atoms with Crippen LogP contribution in [0.1, 0.15) is 19.3 Å². The first kappa shape index (κ1) is 6.16. The maximum absolute atomic E-state index is 10.8. The molecule has 0 aliphatic carbocycles. The Morgan fingerprint density at radius 1 is 1.60 bits per heavy atom. The number of nitrogens with one attached hydrogen (secondary N) is 1. The molecule has 0 aromatic carbocycles. The van der Waals surface area contributed by atoms with Gasteiger partial charge in [-0.05, 0) is 12.8 Å². The van der Waals surface area contributed by atoms with Gasteiger partial charge in [-0.1, -0.05) is 0 Å². The van der Waals surface area contributed by atoms with Crippen molar-refractivity contribution >= 4 is 5.91 Å². The van der Waals surface area contributed by atoms with Crippen LogP contribution in [0.3, 0.4) is 0 Å². The zero-order valence-electron chi connectivity index (χ0n) is 5.85. The van der Waals surface area contributed by atoms with E-state index in [1.54, 1.807) is 0 Å². The topological polar surface area (TPSA) is 38.3 Å². The van der Waals surface area contributed by atoms with E-state index >= 15 is 0 Å². The summed E-state index contributed by atoms with van der Waals surface area (Å²) in [6, 6.07) is 0. The van der Waals surface area contributed by atoms with E-state index in [1.165, 1.54) is 0 Å². The quantitative estimate of drug-likeness (QED) is 0.518. The van der Waals surface area contributed by atoms with Crippen LogP contribution in [0.5, 0.6) is 0 Å². The largest absolute Gasteiger partial charge is 0.373 e. The molecule has 0 aromatic heterocycles. The molecule has 2 rings (SSSR count). The Labute approximate surface area is 59.7 Å². The summed E-state index contributed by atoms with van der Waals surface area (Å²) < 4.78 is 5.49. The average Bonchev–Trinajstić information content (AvgIpc) is 2.46. The number of hydrogen-bond acceptors (Lipinski definition) is 2. The number of rotatable bonds is 0. The van der Waals surface area contributed by atoms with Crippen LogP contribution in [0.4, 0.5) is 0 Å². The lowest BCUT2D eigenvalue weighted by Crippen LogP contribution is -2.29. The van der Waals surface area contributed by atoms with Crippen LogP contribution in [0.2, 0.25) is 0 Å². The van der Waals surface area contributed by atoms with Gasteiger partial charge in [0.05, 0.1) is 12.0 Å². The van der Waals surface area contributed by atoms with Gasteiger partial charge in [-0.2, -0.15) is 0 Å². The fourth-order valence-corrected chi connectivity index (χ4v) is 1.71. The van der Waals surface area contributed by atoms with Gasteiger partial charge in [-0.3, -0.25) is 4.79 Å². The average molecular weight is 141 g/mol. The van der Waals surface area contributed by atoms with Crippen LogP contribution in [0.15, 0.2) is 0 Å². The number of hydrogen-bond donors (Lipinski definition) is 1. The van der Waals surface area contributed by atoms with Crippen molar-refractivity contribution in [3.8, 4) is 0 Å². The highest BCUT2D eigenvalue weighted by Gasteiger charge is 2.41. The van der Waals surface area contributed by atoms with E-state index in [1.807, 2.05) is 0 Å². The smallest absolute Gasteiger partial charge is 0.223 e. The second-order valence-corrected chi connectivity index (χ2v) is 3.09. The molecule has 56 valence electrons. The fraction of sp³-hybridized carbons (Fsp3) is 0.857. The van der Waals surface area contributed by atoms with E-state index in [-0.39, 0.29) is 11.5 Å². The SMILES string of the molecule is O=C1CC2(CCCO2)CN1. The minimum atomic E-state index is -0.100. The van der Waals surface area contributed by atoms with Gasteiger partial charge in [0.15, 0.2) is 0 Å². The van der Waals surface area contributed by atoms with Gasteiger partial charge in [0.1, 0.15) is 0 Å². The van der Waals surface area contributed by atoms with Crippen molar-refractivity contribution in [2.24, 2.45) is 0 Å². The lowest BCUT2D eigenvalue weighted by molar-refractivity contribution is -0.120. The fourth-order valence-electron chi connectivity index (χ4n) is 1.71. The Balaban J connectivity index is 2.09. The predicted molar refractivity (Wildman–Crippen MR) is 35.5 cm³/mol. The van der Waals surface area contributed by atoms with Gasteiger partial charge in [0, 0.05) is 13.2 Å². The lowest BCUT2D eigenvalue weighted by atomic mass is 10.00. The van der Waals surface area contributed by atoms with Crippen molar-refractivity contribution in [1.82, 2.24) is 5.32 Å². The lowest BCUT2D eigenvalue weighted by Gasteiger charge is -2.18. The van der Waals surface area contributed by atoms with Crippen LogP contribution in [0, 0.1) is 0 Å². The highest BCUT2D eigenvalue weighted by molar-refractivity contribution is 5.79. The van der Waals surface area contributed by atoms with Gasteiger partial charge in [-0.25, -0.2) is 0 Å². The molecule has 0 radical (unpaired) electrons. The number of carbonyl (C=O) groups is 1. The molecule has 1 unspecified atom stereocenters. The van der Waals surface area contributed by atoms with Gasteiger partial charge in [0.2, 0.25) is 5.91 Å². The molecule has 1 spiro atoms. The first-order valence-corrected chi connectivity index (χ1v) is 3.71. The van der Waals surface area contributed by atoms with E-state index in [9.17, 15) is 4.79 Å². The molecule has 10 heavy (non-hydrogen) atoms. The first-order valence-electron chi connectivity index (χ1n) is 3.71. The minimum Gasteiger partial charge on any atom is -0.373 e. The molecule has 1 N–H and O–H groups in total. The zero-order valence-corrected chi connectivity index (χ0v) is 5.85. The summed E-state index contributed by atoms with van der Waals surface area (Å²) in [6.07, 6.45) is 2.73. The molecule has 2 saturated heterocycles. The van der Waals surface area contributed by atoms with E-state index in [0.717, 1.165) is 26.0 Å².